The highest BCUT2D eigenvalue weighted by molar-refractivity contribution is 5.97. The number of H-pyrrole nitrogens is 1. The van der Waals surface area contributed by atoms with Crippen LogP contribution in [0.2, 0.25) is 0 Å². The largest absolute Gasteiger partial charge is 0.446 e. The van der Waals surface area contributed by atoms with E-state index in [0.29, 0.717) is 23.7 Å². The standard InChI is InChI=1S/C19H24N6O3/c1-10(2)21-19(27)28-12-4-3-11(7-12)14-8-17(25-24-14)23-16-6-5-13-15(22-16)9-20-18(13)26/h5-6,8,10-12H,3-4,7,9H2,1-2H3,(H,20,26)(H,21,27)(H2,22,23,24,25)/t11-,12+/m0/s1. The molecule has 9 nitrogen and oxygen atoms in total. The smallest absolute Gasteiger partial charge is 0.407 e. The molecule has 1 fully saturated rings. The van der Waals surface area contributed by atoms with E-state index < -0.39 is 0 Å². The van der Waals surface area contributed by atoms with Gasteiger partial charge in [0.1, 0.15) is 11.9 Å². The summed E-state index contributed by atoms with van der Waals surface area (Å²) < 4.78 is 5.48. The fraction of sp³-hybridized carbons (Fsp3) is 0.474. The monoisotopic (exact) mass is 384 g/mol. The number of aromatic amines is 1. The summed E-state index contributed by atoms with van der Waals surface area (Å²) in [6.45, 7) is 4.26. The van der Waals surface area contributed by atoms with Crippen molar-refractivity contribution >= 4 is 23.6 Å². The number of nitrogens with zero attached hydrogens (tertiary/aromatic N) is 2. The second kappa shape index (κ2) is 7.49. The number of anilines is 2. The van der Waals surface area contributed by atoms with Gasteiger partial charge in [-0.15, -0.1) is 0 Å². The third kappa shape index (κ3) is 3.92. The Morgan fingerprint density at radius 3 is 2.96 bits per heavy atom. The maximum atomic E-state index is 11.8. The molecule has 2 amide bonds. The fourth-order valence-corrected chi connectivity index (χ4v) is 3.66. The number of carbonyl (C=O) groups excluding carboxylic acids is 2. The topological polar surface area (TPSA) is 121 Å². The van der Waals surface area contributed by atoms with E-state index in [4.69, 9.17) is 4.74 Å². The normalized spacial score (nSPS) is 20.8. The van der Waals surface area contributed by atoms with Gasteiger partial charge in [0.05, 0.1) is 17.8 Å². The van der Waals surface area contributed by atoms with Gasteiger partial charge in [-0.3, -0.25) is 9.89 Å². The van der Waals surface area contributed by atoms with Gasteiger partial charge in [-0.2, -0.15) is 5.10 Å². The molecule has 2 aliphatic rings. The van der Waals surface area contributed by atoms with Crippen LogP contribution in [-0.2, 0) is 11.3 Å². The highest BCUT2D eigenvalue weighted by Gasteiger charge is 2.30. The zero-order chi connectivity index (χ0) is 19.7. The molecule has 0 unspecified atom stereocenters. The number of aromatic nitrogens is 3. The van der Waals surface area contributed by atoms with Crippen LogP contribution >= 0.6 is 0 Å². The Bertz CT molecular complexity index is 894. The number of rotatable bonds is 5. The molecule has 148 valence electrons. The number of carbonyl (C=O) groups is 2. The van der Waals surface area contributed by atoms with Crippen LogP contribution in [0.25, 0.3) is 0 Å². The molecule has 2 aromatic rings. The average Bonchev–Trinajstić information content (AvgIpc) is 3.35. The Hall–Kier alpha value is -3.10. The van der Waals surface area contributed by atoms with Gasteiger partial charge in [0, 0.05) is 23.7 Å². The van der Waals surface area contributed by atoms with Crippen molar-refractivity contribution in [2.45, 2.75) is 57.7 Å². The lowest BCUT2D eigenvalue weighted by Crippen LogP contribution is -2.33. The van der Waals surface area contributed by atoms with E-state index in [0.717, 1.165) is 30.7 Å². The van der Waals surface area contributed by atoms with Crippen LogP contribution in [0.4, 0.5) is 16.4 Å². The number of alkyl carbamates (subject to hydrolysis) is 1. The molecular formula is C19H24N6O3. The van der Waals surface area contributed by atoms with Crippen LogP contribution in [0.15, 0.2) is 18.2 Å². The van der Waals surface area contributed by atoms with Crippen molar-refractivity contribution < 1.29 is 14.3 Å². The van der Waals surface area contributed by atoms with E-state index in [9.17, 15) is 9.59 Å². The number of nitrogens with one attached hydrogen (secondary N) is 4. The maximum Gasteiger partial charge on any atom is 0.407 e. The molecular weight excluding hydrogens is 360 g/mol. The number of hydrogen-bond acceptors (Lipinski definition) is 6. The van der Waals surface area contributed by atoms with E-state index in [2.05, 4.69) is 31.1 Å². The molecule has 3 heterocycles. The lowest BCUT2D eigenvalue weighted by atomic mass is 10.0. The molecule has 0 radical (unpaired) electrons. The SMILES string of the molecule is CC(C)NC(=O)O[C@@H]1CC[C@H](c2cc(Nc3ccc4c(n3)CNC4=O)n[nH]2)C1. The fourth-order valence-electron chi connectivity index (χ4n) is 3.66. The first-order valence-electron chi connectivity index (χ1n) is 9.55. The zero-order valence-corrected chi connectivity index (χ0v) is 15.9. The van der Waals surface area contributed by atoms with E-state index in [1.165, 1.54) is 0 Å². The van der Waals surface area contributed by atoms with Crippen LogP contribution in [0, 0.1) is 0 Å². The van der Waals surface area contributed by atoms with Crippen LogP contribution in [0.1, 0.15) is 60.8 Å². The second-order valence-electron chi connectivity index (χ2n) is 7.54. The molecule has 4 rings (SSSR count). The molecule has 4 N–H and O–H groups in total. The zero-order valence-electron chi connectivity index (χ0n) is 15.9. The minimum atomic E-state index is -0.358. The van der Waals surface area contributed by atoms with E-state index >= 15 is 0 Å². The summed E-state index contributed by atoms with van der Waals surface area (Å²) in [6.07, 6.45) is 2.12. The van der Waals surface area contributed by atoms with Crippen molar-refractivity contribution in [1.29, 1.82) is 0 Å². The lowest BCUT2D eigenvalue weighted by Gasteiger charge is -2.14. The number of ether oxygens (including phenoxy) is 1. The predicted molar refractivity (Wildman–Crippen MR) is 102 cm³/mol. The molecule has 1 aliphatic heterocycles. The summed E-state index contributed by atoms with van der Waals surface area (Å²) in [5.74, 6) is 1.50. The third-order valence-electron chi connectivity index (χ3n) is 4.99. The Morgan fingerprint density at radius 1 is 1.29 bits per heavy atom. The number of amides is 2. The van der Waals surface area contributed by atoms with Gasteiger partial charge in [-0.05, 0) is 45.2 Å². The van der Waals surface area contributed by atoms with Gasteiger partial charge in [0.2, 0.25) is 0 Å². The number of hydrogen-bond donors (Lipinski definition) is 4. The van der Waals surface area contributed by atoms with Gasteiger partial charge in [-0.1, -0.05) is 0 Å². The maximum absolute atomic E-state index is 11.8. The van der Waals surface area contributed by atoms with Crippen molar-refractivity contribution in [2.75, 3.05) is 5.32 Å². The molecule has 1 saturated carbocycles. The van der Waals surface area contributed by atoms with E-state index in [-0.39, 0.29) is 30.1 Å². The molecule has 0 spiro atoms. The van der Waals surface area contributed by atoms with Crippen molar-refractivity contribution in [1.82, 2.24) is 25.8 Å². The van der Waals surface area contributed by atoms with Gasteiger partial charge >= 0.3 is 6.09 Å². The molecule has 0 bridgehead atoms. The molecule has 1 aliphatic carbocycles. The second-order valence-corrected chi connectivity index (χ2v) is 7.54. The van der Waals surface area contributed by atoms with Crippen LogP contribution in [0.3, 0.4) is 0 Å². The predicted octanol–water partition coefficient (Wildman–Crippen LogP) is 2.56. The molecule has 2 atom stereocenters. The van der Waals surface area contributed by atoms with Gasteiger partial charge in [0.15, 0.2) is 5.82 Å². The quantitative estimate of drug-likeness (QED) is 0.629. The first kappa shape index (κ1) is 18.3. The first-order chi connectivity index (χ1) is 13.5. The lowest BCUT2D eigenvalue weighted by molar-refractivity contribution is 0.0962. The van der Waals surface area contributed by atoms with Crippen molar-refractivity contribution in [3.63, 3.8) is 0 Å². The highest BCUT2D eigenvalue weighted by Crippen LogP contribution is 2.36. The van der Waals surface area contributed by atoms with Crippen LogP contribution < -0.4 is 16.0 Å². The molecule has 9 heteroatoms. The summed E-state index contributed by atoms with van der Waals surface area (Å²) in [6, 6.07) is 5.55. The van der Waals surface area contributed by atoms with Crippen LogP contribution in [-0.4, -0.2) is 39.3 Å². The van der Waals surface area contributed by atoms with Crippen molar-refractivity contribution in [3.8, 4) is 0 Å². The van der Waals surface area contributed by atoms with Crippen molar-refractivity contribution in [3.05, 3.63) is 35.2 Å². The minimum absolute atomic E-state index is 0.0627. The molecule has 0 saturated heterocycles. The van der Waals surface area contributed by atoms with Gasteiger partial charge in [0.25, 0.3) is 5.91 Å². The van der Waals surface area contributed by atoms with E-state index in [1.54, 1.807) is 12.1 Å². The number of pyridine rings is 1. The van der Waals surface area contributed by atoms with Gasteiger partial charge in [-0.25, -0.2) is 9.78 Å². The summed E-state index contributed by atoms with van der Waals surface area (Å²) in [4.78, 5) is 27.8. The Balaban J connectivity index is 1.35. The Morgan fingerprint density at radius 2 is 2.14 bits per heavy atom. The van der Waals surface area contributed by atoms with Gasteiger partial charge < -0.3 is 20.7 Å². The minimum Gasteiger partial charge on any atom is -0.446 e. The van der Waals surface area contributed by atoms with E-state index in [1.807, 2.05) is 19.9 Å². The molecule has 2 aromatic heterocycles. The van der Waals surface area contributed by atoms with Crippen molar-refractivity contribution in [2.24, 2.45) is 0 Å². The highest BCUT2D eigenvalue weighted by atomic mass is 16.6. The Kier molecular flexibility index (Phi) is 4.89. The summed E-state index contributed by atoms with van der Waals surface area (Å²) in [5.41, 5.74) is 2.36. The van der Waals surface area contributed by atoms with Crippen LogP contribution in [0.5, 0.6) is 0 Å². The first-order valence-corrected chi connectivity index (χ1v) is 9.55. The molecule has 28 heavy (non-hydrogen) atoms. The average molecular weight is 384 g/mol. The number of fused-ring (bicyclic) bond motifs is 1. The summed E-state index contributed by atoms with van der Waals surface area (Å²) in [7, 11) is 0. The Labute approximate surface area is 162 Å². The third-order valence-corrected chi connectivity index (χ3v) is 4.99. The summed E-state index contributed by atoms with van der Waals surface area (Å²) in [5, 5.41) is 16.1. The molecule has 0 aromatic carbocycles. The summed E-state index contributed by atoms with van der Waals surface area (Å²) >= 11 is 0.